The topological polar surface area (TPSA) is 64.8 Å². The van der Waals surface area contributed by atoms with Crippen LogP contribution in [0.3, 0.4) is 0 Å². The van der Waals surface area contributed by atoms with Gasteiger partial charge in [-0.15, -0.1) is 0 Å². The summed E-state index contributed by atoms with van der Waals surface area (Å²) in [7, 11) is 3.67. The second kappa shape index (κ2) is 8.19. The number of carbonyl (C=O) groups is 1. The minimum atomic E-state index is -0.405. The summed E-state index contributed by atoms with van der Waals surface area (Å²) < 4.78 is 10.8. The second-order valence-electron chi connectivity index (χ2n) is 5.32. The van der Waals surface area contributed by atoms with Crippen LogP contribution >= 0.6 is 0 Å². The van der Waals surface area contributed by atoms with Crippen molar-refractivity contribution in [3.63, 3.8) is 0 Å². The first kappa shape index (κ1) is 16.8. The van der Waals surface area contributed by atoms with E-state index in [0.29, 0.717) is 12.2 Å². The number of nitrogens with two attached hydrogens (primary N) is 1. The Morgan fingerprint density at radius 3 is 2.22 bits per heavy atom. The van der Waals surface area contributed by atoms with Gasteiger partial charge in [-0.2, -0.15) is 0 Å². The van der Waals surface area contributed by atoms with E-state index in [9.17, 15) is 4.79 Å². The van der Waals surface area contributed by atoms with Crippen LogP contribution in [0.25, 0.3) is 0 Å². The van der Waals surface area contributed by atoms with Gasteiger partial charge >= 0.3 is 0 Å². The number of likely N-dealkylation sites (N-methyl/N-ethyl adjacent to an activating group) is 1. The molecule has 0 atom stereocenters. The van der Waals surface area contributed by atoms with Crippen LogP contribution in [0.5, 0.6) is 11.5 Å². The number of amides is 1. The van der Waals surface area contributed by atoms with Crippen molar-refractivity contribution in [2.24, 2.45) is 5.73 Å². The summed E-state index contributed by atoms with van der Waals surface area (Å²) in [6.07, 6.45) is 0. The number of methoxy groups -OCH3 is 1. The van der Waals surface area contributed by atoms with E-state index >= 15 is 0 Å². The van der Waals surface area contributed by atoms with E-state index in [1.54, 1.807) is 19.2 Å². The maximum Gasteiger partial charge on any atom is 0.248 e. The summed E-state index contributed by atoms with van der Waals surface area (Å²) in [6, 6.07) is 14.9. The average molecular weight is 314 g/mol. The van der Waals surface area contributed by atoms with Crippen molar-refractivity contribution in [3.8, 4) is 11.5 Å². The van der Waals surface area contributed by atoms with Crippen LogP contribution in [-0.2, 0) is 6.54 Å². The molecular formula is C18H22N2O3. The van der Waals surface area contributed by atoms with Crippen molar-refractivity contribution in [3.05, 3.63) is 59.7 Å². The largest absolute Gasteiger partial charge is 0.497 e. The van der Waals surface area contributed by atoms with Gasteiger partial charge in [0, 0.05) is 18.7 Å². The van der Waals surface area contributed by atoms with Gasteiger partial charge in [0.25, 0.3) is 0 Å². The summed E-state index contributed by atoms with van der Waals surface area (Å²) in [5.41, 5.74) is 6.88. The van der Waals surface area contributed by atoms with Crippen molar-refractivity contribution in [2.45, 2.75) is 6.54 Å². The van der Waals surface area contributed by atoms with E-state index in [1.807, 2.05) is 43.4 Å². The monoisotopic (exact) mass is 314 g/mol. The van der Waals surface area contributed by atoms with E-state index in [-0.39, 0.29) is 0 Å². The zero-order valence-corrected chi connectivity index (χ0v) is 13.5. The SMILES string of the molecule is COc1ccc(OCCN(C)Cc2ccc(C(N)=O)cc2)cc1. The highest BCUT2D eigenvalue weighted by atomic mass is 16.5. The van der Waals surface area contributed by atoms with Gasteiger partial charge in [-0.1, -0.05) is 12.1 Å². The van der Waals surface area contributed by atoms with E-state index in [0.717, 1.165) is 30.2 Å². The molecule has 2 rings (SSSR count). The van der Waals surface area contributed by atoms with Crippen LogP contribution in [-0.4, -0.2) is 38.1 Å². The van der Waals surface area contributed by atoms with Crippen LogP contribution in [0.1, 0.15) is 15.9 Å². The smallest absolute Gasteiger partial charge is 0.248 e. The molecule has 122 valence electrons. The number of primary amides is 1. The Morgan fingerprint density at radius 2 is 1.65 bits per heavy atom. The van der Waals surface area contributed by atoms with E-state index in [1.165, 1.54) is 0 Å². The lowest BCUT2D eigenvalue weighted by molar-refractivity contribution is 0.100. The molecule has 2 aromatic carbocycles. The summed E-state index contributed by atoms with van der Waals surface area (Å²) in [5, 5.41) is 0. The molecule has 5 heteroatoms. The lowest BCUT2D eigenvalue weighted by Crippen LogP contribution is -2.24. The number of benzene rings is 2. The van der Waals surface area contributed by atoms with Crippen molar-refractivity contribution in [2.75, 3.05) is 27.3 Å². The fraction of sp³-hybridized carbons (Fsp3) is 0.278. The van der Waals surface area contributed by atoms with Crippen molar-refractivity contribution >= 4 is 5.91 Å². The normalized spacial score (nSPS) is 10.6. The van der Waals surface area contributed by atoms with Gasteiger partial charge in [0.15, 0.2) is 0 Å². The predicted molar refractivity (Wildman–Crippen MR) is 89.8 cm³/mol. The third-order valence-electron chi connectivity index (χ3n) is 3.49. The molecule has 2 aromatic rings. The van der Waals surface area contributed by atoms with Gasteiger partial charge in [-0.05, 0) is 49.0 Å². The minimum Gasteiger partial charge on any atom is -0.497 e. The molecule has 0 saturated carbocycles. The first-order chi connectivity index (χ1) is 11.1. The Kier molecular flexibility index (Phi) is 6.00. The van der Waals surface area contributed by atoms with Gasteiger partial charge in [0.2, 0.25) is 5.91 Å². The van der Waals surface area contributed by atoms with Gasteiger partial charge in [-0.25, -0.2) is 0 Å². The molecule has 0 fully saturated rings. The first-order valence-corrected chi connectivity index (χ1v) is 7.42. The van der Waals surface area contributed by atoms with Crippen LogP contribution in [0, 0.1) is 0 Å². The standard InChI is InChI=1S/C18H22N2O3/c1-20(13-14-3-5-15(6-4-14)18(19)21)11-12-23-17-9-7-16(22-2)8-10-17/h3-10H,11-13H2,1-2H3,(H2,19,21). The molecule has 0 aliphatic heterocycles. The highest BCUT2D eigenvalue weighted by Crippen LogP contribution is 2.16. The quantitative estimate of drug-likeness (QED) is 0.812. The molecular weight excluding hydrogens is 292 g/mol. The fourth-order valence-corrected chi connectivity index (χ4v) is 2.16. The Morgan fingerprint density at radius 1 is 1.04 bits per heavy atom. The first-order valence-electron chi connectivity index (χ1n) is 7.42. The number of hydrogen-bond donors (Lipinski definition) is 1. The number of ether oxygens (including phenoxy) is 2. The van der Waals surface area contributed by atoms with Crippen LogP contribution < -0.4 is 15.2 Å². The summed E-state index contributed by atoms with van der Waals surface area (Å²) in [6.45, 7) is 2.18. The van der Waals surface area contributed by atoms with Crippen molar-refractivity contribution < 1.29 is 14.3 Å². The lowest BCUT2D eigenvalue weighted by atomic mass is 10.1. The van der Waals surface area contributed by atoms with Gasteiger partial charge < -0.3 is 15.2 Å². The molecule has 0 aromatic heterocycles. The average Bonchev–Trinajstić information content (AvgIpc) is 2.56. The maximum atomic E-state index is 11.0. The molecule has 0 spiro atoms. The van der Waals surface area contributed by atoms with Gasteiger partial charge in [0.05, 0.1) is 7.11 Å². The molecule has 0 unspecified atom stereocenters. The number of rotatable bonds is 8. The summed E-state index contributed by atoms with van der Waals surface area (Å²) >= 11 is 0. The molecule has 0 heterocycles. The maximum absolute atomic E-state index is 11.0. The molecule has 0 aliphatic carbocycles. The lowest BCUT2D eigenvalue weighted by Gasteiger charge is -2.17. The molecule has 0 aliphatic rings. The highest BCUT2D eigenvalue weighted by molar-refractivity contribution is 5.92. The van der Waals surface area contributed by atoms with E-state index in [4.69, 9.17) is 15.2 Å². The zero-order valence-electron chi connectivity index (χ0n) is 13.5. The van der Waals surface area contributed by atoms with Crippen molar-refractivity contribution in [1.29, 1.82) is 0 Å². The zero-order chi connectivity index (χ0) is 16.7. The summed E-state index contributed by atoms with van der Waals surface area (Å²) in [5.74, 6) is 1.23. The van der Waals surface area contributed by atoms with E-state index < -0.39 is 5.91 Å². The van der Waals surface area contributed by atoms with Gasteiger partial charge in [0.1, 0.15) is 18.1 Å². The number of hydrogen-bond acceptors (Lipinski definition) is 4. The van der Waals surface area contributed by atoms with Gasteiger partial charge in [-0.3, -0.25) is 9.69 Å². The number of nitrogens with zero attached hydrogens (tertiary/aromatic N) is 1. The Bertz CT molecular complexity index is 624. The second-order valence-corrected chi connectivity index (χ2v) is 5.32. The molecule has 1 amide bonds. The molecule has 0 bridgehead atoms. The Balaban J connectivity index is 1.75. The highest BCUT2D eigenvalue weighted by Gasteiger charge is 2.03. The fourth-order valence-electron chi connectivity index (χ4n) is 2.16. The predicted octanol–water partition coefficient (Wildman–Crippen LogP) is 2.30. The molecule has 0 saturated heterocycles. The molecule has 0 radical (unpaired) electrons. The van der Waals surface area contributed by atoms with Crippen LogP contribution in [0.15, 0.2) is 48.5 Å². The minimum absolute atomic E-state index is 0.405. The molecule has 5 nitrogen and oxygen atoms in total. The molecule has 2 N–H and O–H groups in total. The summed E-state index contributed by atoms with van der Waals surface area (Å²) in [4.78, 5) is 13.2. The van der Waals surface area contributed by atoms with Crippen LogP contribution in [0.2, 0.25) is 0 Å². The van der Waals surface area contributed by atoms with Crippen molar-refractivity contribution in [1.82, 2.24) is 4.90 Å². The Hall–Kier alpha value is -2.53. The third-order valence-corrected chi connectivity index (χ3v) is 3.49. The Labute approximate surface area is 136 Å². The molecule has 23 heavy (non-hydrogen) atoms. The van der Waals surface area contributed by atoms with E-state index in [2.05, 4.69) is 4.90 Å². The number of carbonyl (C=O) groups excluding carboxylic acids is 1. The third kappa shape index (κ3) is 5.30. The van der Waals surface area contributed by atoms with Crippen LogP contribution in [0.4, 0.5) is 0 Å².